The fourth-order valence-corrected chi connectivity index (χ4v) is 2.43. The highest BCUT2D eigenvalue weighted by Crippen LogP contribution is 2.26. The maximum absolute atomic E-state index is 13.9. The van der Waals surface area contributed by atoms with Crippen LogP contribution in [0.5, 0.6) is 0 Å². The van der Waals surface area contributed by atoms with Crippen LogP contribution in [0.1, 0.15) is 34.8 Å². The number of carbonyl (C=O) groups is 1. The lowest BCUT2D eigenvalue weighted by Gasteiger charge is -2.11. The summed E-state index contributed by atoms with van der Waals surface area (Å²) >= 11 is 0. The molecule has 1 aliphatic heterocycles. The van der Waals surface area contributed by atoms with Crippen molar-refractivity contribution in [1.82, 2.24) is 0 Å². The molecule has 92 valence electrons. The highest BCUT2D eigenvalue weighted by molar-refractivity contribution is 5.99. The molecule has 1 heterocycles. The lowest BCUT2D eigenvalue weighted by atomic mass is 9.91. The molecule has 2 unspecified atom stereocenters. The third kappa shape index (κ3) is 2.39. The van der Waals surface area contributed by atoms with Gasteiger partial charge in [0.05, 0.1) is 18.3 Å². The number of hydrogen-bond donors (Lipinski definition) is 0. The predicted molar refractivity (Wildman–Crippen MR) is 63.7 cm³/mol. The monoisotopic (exact) mass is 236 g/mol. The SMILES string of the molecule is Cc1cc(C)c(C(=O)C2COC(C)C2)c(F)c1. The molecule has 0 amide bonds. The lowest BCUT2D eigenvalue weighted by molar-refractivity contribution is 0.0873. The molecule has 0 N–H and O–H groups in total. The molecular weight excluding hydrogens is 219 g/mol. The predicted octanol–water partition coefficient (Wildman–Crippen LogP) is 3.05. The number of ketones is 1. The highest BCUT2D eigenvalue weighted by Gasteiger charge is 2.31. The van der Waals surface area contributed by atoms with Crippen molar-refractivity contribution in [3.8, 4) is 0 Å². The van der Waals surface area contributed by atoms with Crippen LogP contribution in [0, 0.1) is 25.6 Å². The zero-order valence-electron chi connectivity index (χ0n) is 10.4. The second-order valence-electron chi connectivity index (χ2n) is 4.88. The van der Waals surface area contributed by atoms with Gasteiger partial charge in [-0.2, -0.15) is 0 Å². The van der Waals surface area contributed by atoms with Crippen molar-refractivity contribution in [3.63, 3.8) is 0 Å². The summed E-state index contributed by atoms with van der Waals surface area (Å²) in [5.74, 6) is -0.725. The van der Waals surface area contributed by atoms with Crippen LogP contribution >= 0.6 is 0 Å². The highest BCUT2D eigenvalue weighted by atomic mass is 19.1. The number of Topliss-reactive ketones (excluding diaryl/α,β-unsaturated/α-hetero) is 1. The first-order valence-corrected chi connectivity index (χ1v) is 5.91. The smallest absolute Gasteiger partial charge is 0.171 e. The quantitative estimate of drug-likeness (QED) is 0.738. The Morgan fingerprint density at radius 3 is 2.65 bits per heavy atom. The number of carbonyl (C=O) groups excluding carboxylic acids is 1. The van der Waals surface area contributed by atoms with Gasteiger partial charge in [0.1, 0.15) is 5.82 Å². The Bertz CT molecular complexity index is 431. The average molecular weight is 236 g/mol. The molecular formula is C14H17FO2. The van der Waals surface area contributed by atoms with E-state index in [9.17, 15) is 9.18 Å². The van der Waals surface area contributed by atoms with Gasteiger partial charge >= 0.3 is 0 Å². The fraction of sp³-hybridized carbons (Fsp3) is 0.500. The number of benzene rings is 1. The molecule has 1 fully saturated rings. The summed E-state index contributed by atoms with van der Waals surface area (Å²) in [5.41, 5.74) is 1.79. The second-order valence-corrected chi connectivity index (χ2v) is 4.88. The molecule has 0 bridgehead atoms. The van der Waals surface area contributed by atoms with Gasteiger partial charge in [-0.25, -0.2) is 4.39 Å². The molecule has 0 aliphatic carbocycles. The fourth-order valence-electron chi connectivity index (χ4n) is 2.43. The number of ether oxygens (including phenoxy) is 1. The van der Waals surface area contributed by atoms with Crippen molar-refractivity contribution in [1.29, 1.82) is 0 Å². The third-order valence-corrected chi connectivity index (χ3v) is 3.25. The first-order chi connectivity index (χ1) is 7.99. The number of rotatable bonds is 2. The first kappa shape index (κ1) is 12.2. The largest absolute Gasteiger partial charge is 0.378 e. The van der Waals surface area contributed by atoms with Gasteiger partial charge in [0.2, 0.25) is 0 Å². The lowest BCUT2D eigenvalue weighted by Crippen LogP contribution is -2.18. The van der Waals surface area contributed by atoms with Crippen molar-refractivity contribution in [3.05, 3.63) is 34.6 Å². The number of aryl methyl sites for hydroxylation is 2. The standard InChI is InChI=1S/C14H17FO2/c1-8-4-9(2)13(12(15)5-8)14(16)11-6-10(3)17-7-11/h4-5,10-11H,6-7H2,1-3H3. The van der Waals surface area contributed by atoms with Gasteiger partial charge < -0.3 is 4.74 Å². The molecule has 1 aliphatic rings. The summed E-state index contributed by atoms with van der Waals surface area (Å²) in [6, 6.07) is 3.26. The molecule has 1 saturated heterocycles. The molecule has 0 radical (unpaired) electrons. The van der Waals surface area contributed by atoms with Gasteiger partial charge in [-0.15, -0.1) is 0 Å². The van der Waals surface area contributed by atoms with Crippen LogP contribution in [-0.2, 0) is 4.74 Å². The van der Waals surface area contributed by atoms with E-state index >= 15 is 0 Å². The summed E-state index contributed by atoms with van der Waals surface area (Å²) < 4.78 is 19.2. The topological polar surface area (TPSA) is 26.3 Å². The molecule has 0 aromatic heterocycles. The summed E-state index contributed by atoms with van der Waals surface area (Å²) in [6.07, 6.45) is 0.781. The summed E-state index contributed by atoms with van der Waals surface area (Å²) in [5, 5.41) is 0. The Balaban J connectivity index is 2.31. The van der Waals surface area contributed by atoms with E-state index in [1.54, 1.807) is 6.92 Å². The van der Waals surface area contributed by atoms with Gasteiger partial charge in [-0.1, -0.05) is 6.07 Å². The van der Waals surface area contributed by atoms with Crippen molar-refractivity contribution in [2.75, 3.05) is 6.61 Å². The molecule has 2 nitrogen and oxygen atoms in total. The Labute approximate surface area is 101 Å². The average Bonchev–Trinajstić information content (AvgIpc) is 2.63. The molecule has 1 aromatic carbocycles. The Kier molecular flexibility index (Phi) is 3.29. The zero-order chi connectivity index (χ0) is 12.6. The van der Waals surface area contributed by atoms with Crippen molar-refractivity contribution in [2.45, 2.75) is 33.3 Å². The van der Waals surface area contributed by atoms with E-state index in [-0.39, 0.29) is 23.4 Å². The molecule has 2 rings (SSSR count). The van der Waals surface area contributed by atoms with Gasteiger partial charge in [0, 0.05) is 5.92 Å². The summed E-state index contributed by atoms with van der Waals surface area (Å²) in [6.45, 7) is 5.95. The zero-order valence-corrected chi connectivity index (χ0v) is 10.4. The molecule has 3 heteroatoms. The van der Waals surface area contributed by atoms with Crippen LogP contribution in [0.3, 0.4) is 0 Å². The maximum Gasteiger partial charge on any atom is 0.171 e. The molecule has 17 heavy (non-hydrogen) atoms. The van der Waals surface area contributed by atoms with Gasteiger partial charge in [0.15, 0.2) is 5.78 Å². The molecule has 2 atom stereocenters. The minimum absolute atomic E-state index is 0.0952. The van der Waals surface area contributed by atoms with E-state index in [1.165, 1.54) is 6.07 Å². The molecule has 1 aromatic rings. The van der Waals surface area contributed by atoms with Crippen molar-refractivity contribution >= 4 is 5.78 Å². The van der Waals surface area contributed by atoms with Crippen LogP contribution in [-0.4, -0.2) is 18.5 Å². The third-order valence-electron chi connectivity index (χ3n) is 3.25. The van der Waals surface area contributed by atoms with E-state index in [1.807, 2.05) is 19.9 Å². The molecule has 0 spiro atoms. The minimum Gasteiger partial charge on any atom is -0.378 e. The van der Waals surface area contributed by atoms with Gasteiger partial charge in [-0.05, 0) is 44.4 Å². The number of hydrogen-bond acceptors (Lipinski definition) is 2. The van der Waals surface area contributed by atoms with Crippen LogP contribution in [0.15, 0.2) is 12.1 Å². The Morgan fingerprint density at radius 2 is 2.12 bits per heavy atom. The van der Waals surface area contributed by atoms with Crippen molar-refractivity contribution in [2.24, 2.45) is 5.92 Å². The van der Waals surface area contributed by atoms with E-state index in [2.05, 4.69) is 0 Å². The van der Waals surface area contributed by atoms with Crippen molar-refractivity contribution < 1.29 is 13.9 Å². The summed E-state index contributed by atoms with van der Waals surface area (Å²) in [4.78, 5) is 12.2. The van der Waals surface area contributed by atoms with Crippen LogP contribution in [0.25, 0.3) is 0 Å². The first-order valence-electron chi connectivity index (χ1n) is 5.91. The Hall–Kier alpha value is -1.22. The second kappa shape index (κ2) is 4.57. The Morgan fingerprint density at radius 1 is 1.41 bits per heavy atom. The van der Waals surface area contributed by atoms with E-state index in [4.69, 9.17) is 4.74 Å². The summed E-state index contributed by atoms with van der Waals surface area (Å²) in [7, 11) is 0. The van der Waals surface area contributed by atoms with E-state index in [0.29, 0.717) is 18.6 Å². The molecule has 0 saturated carbocycles. The normalized spacial score (nSPS) is 24.0. The van der Waals surface area contributed by atoms with E-state index < -0.39 is 5.82 Å². The van der Waals surface area contributed by atoms with Crippen LogP contribution in [0.4, 0.5) is 4.39 Å². The maximum atomic E-state index is 13.9. The van der Waals surface area contributed by atoms with Crippen LogP contribution in [0.2, 0.25) is 0 Å². The number of halogens is 1. The van der Waals surface area contributed by atoms with Crippen LogP contribution < -0.4 is 0 Å². The minimum atomic E-state index is -0.410. The van der Waals surface area contributed by atoms with E-state index in [0.717, 1.165) is 5.56 Å². The van der Waals surface area contributed by atoms with Gasteiger partial charge in [-0.3, -0.25) is 4.79 Å². The van der Waals surface area contributed by atoms with Gasteiger partial charge in [0.25, 0.3) is 0 Å².